The average molecular weight is 390 g/mol. The molecule has 0 saturated heterocycles. The Labute approximate surface area is 145 Å². The predicted molar refractivity (Wildman–Crippen MR) is 87.5 cm³/mol. The van der Waals surface area contributed by atoms with Crippen LogP contribution in [-0.2, 0) is 20.0 Å². The summed E-state index contributed by atoms with van der Waals surface area (Å²) in [5.41, 5.74) is 0.426. The lowest BCUT2D eigenvalue weighted by atomic mass is 10.1. The van der Waals surface area contributed by atoms with Crippen molar-refractivity contribution >= 4 is 20.0 Å². The Morgan fingerprint density at radius 2 is 1.44 bits per heavy atom. The summed E-state index contributed by atoms with van der Waals surface area (Å²) in [4.78, 5) is -1.17. The van der Waals surface area contributed by atoms with Gasteiger partial charge in [-0.25, -0.2) is 30.8 Å². The van der Waals surface area contributed by atoms with E-state index in [2.05, 4.69) is 0 Å². The quantitative estimate of drug-likeness (QED) is 0.844. The van der Waals surface area contributed by atoms with Gasteiger partial charge in [-0.3, -0.25) is 0 Å². The first-order chi connectivity index (χ1) is 11.5. The molecule has 136 valence electrons. The van der Waals surface area contributed by atoms with E-state index in [1.807, 2.05) is 0 Å². The maximum atomic E-state index is 13.8. The van der Waals surface area contributed by atoms with Crippen LogP contribution in [0.1, 0.15) is 18.5 Å². The maximum Gasteiger partial charge on any atom is 0.249 e. The predicted octanol–water partition coefficient (Wildman–Crippen LogP) is 1.99. The van der Waals surface area contributed by atoms with Crippen LogP contribution in [0.2, 0.25) is 0 Å². The Balaban J connectivity index is 2.41. The molecule has 2 aromatic rings. The molecule has 6 nitrogen and oxygen atoms in total. The Morgan fingerprint density at radius 1 is 0.960 bits per heavy atom. The van der Waals surface area contributed by atoms with Gasteiger partial charge in [-0.2, -0.15) is 4.31 Å². The Hall–Kier alpha value is -1.88. The van der Waals surface area contributed by atoms with Gasteiger partial charge < -0.3 is 0 Å². The van der Waals surface area contributed by atoms with Crippen molar-refractivity contribution < 1.29 is 25.6 Å². The van der Waals surface area contributed by atoms with Crippen molar-refractivity contribution in [1.29, 1.82) is 0 Å². The van der Waals surface area contributed by atoms with E-state index < -0.39 is 42.6 Å². The molecule has 0 aliphatic carbocycles. The minimum absolute atomic E-state index is 0.130. The summed E-state index contributed by atoms with van der Waals surface area (Å²) in [6, 6.07) is 7.20. The highest BCUT2D eigenvalue weighted by molar-refractivity contribution is 7.89. The molecule has 1 unspecified atom stereocenters. The minimum Gasteiger partial charge on any atom is -0.225 e. The van der Waals surface area contributed by atoms with Crippen molar-refractivity contribution in [3.63, 3.8) is 0 Å². The fourth-order valence-corrected chi connectivity index (χ4v) is 4.20. The normalized spacial score (nSPS) is 13.8. The summed E-state index contributed by atoms with van der Waals surface area (Å²) in [6.45, 7) is 1.50. The summed E-state index contributed by atoms with van der Waals surface area (Å²) in [5, 5.41) is 5.00. The topological polar surface area (TPSA) is 97.5 Å². The number of halogens is 2. The molecule has 25 heavy (non-hydrogen) atoms. The van der Waals surface area contributed by atoms with Gasteiger partial charge >= 0.3 is 0 Å². The smallest absolute Gasteiger partial charge is 0.225 e. The number of primary sulfonamides is 1. The summed E-state index contributed by atoms with van der Waals surface area (Å²) >= 11 is 0. The van der Waals surface area contributed by atoms with Gasteiger partial charge in [0.1, 0.15) is 11.6 Å². The zero-order chi connectivity index (χ0) is 19.0. The van der Waals surface area contributed by atoms with E-state index in [1.165, 1.54) is 38.2 Å². The Bertz CT molecular complexity index is 970. The second-order valence-corrected chi connectivity index (χ2v) is 8.86. The molecule has 0 aliphatic rings. The van der Waals surface area contributed by atoms with Crippen LogP contribution < -0.4 is 5.14 Å². The standard InChI is InChI=1S/C15H16F2N2O4S2/c1-10(11-6-8-12(9-7-11)24(18,20)21)19(2)25(22,23)15-13(16)4-3-5-14(15)17/h3-10H,1-2H3,(H2,18,20,21). The number of nitrogens with two attached hydrogens (primary N) is 1. The first-order valence-corrected chi connectivity index (χ1v) is 9.99. The van der Waals surface area contributed by atoms with Crippen LogP contribution in [-0.4, -0.2) is 28.2 Å². The van der Waals surface area contributed by atoms with Crippen LogP contribution in [0.5, 0.6) is 0 Å². The number of sulfonamides is 2. The van der Waals surface area contributed by atoms with E-state index in [-0.39, 0.29) is 4.90 Å². The second-order valence-electron chi connectivity index (χ2n) is 5.36. The van der Waals surface area contributed by atoms with E-state index in [1.54, 1.807) is 0 Å². The van der Waals surface area contributed by atoms with Crippen LogP contribution in [0.4, 0.5) is 8.78 Å². The van der Waals surface area contributed by atoms with Crippen LogP contribution in [0.25, 0.3) is 0 Å². The van der Waals surface area contributed by atoms with Crippen molar-refractivity contribution in [1.82, 2.24) is 4.31 Å². The van der Waals surface area contributed by atoms with Crippen LogP contribution >= 0.6 is 0 Å². The molecule has 0 amide bonds. The molecule has 2 rings (SSSR count). The highest BCUT2D eigenvalue weighted by Gasteiger charge is 2.31. The largest absolute Gasteiger partial charge is 0.249 e. The molecule has 0 radical (unpaired) electrons. The van der Waals surface area contributed by atoms with Gasteiger partial charge in [0.2, 0.25) is 20.0 Å². The molecule has 10 heteroatoms. The zero-order valence-corrected chi connectivity index (χ0v) is 15.0. The summed E-state index contributed by atoms with van der Waals surface area (Å²) in [6.07, 6.45) is 0. The molecule has 0 saturated carbocycles. The van der Waals surface area contributed by atoms with Gasteiger partial charge in [-0.15, -0.1) is 0 Å². The molecular weight excluding hydrogens is 374 g/mol. The third-order valence-electron chi connectivity index (χ3n) is 3.79. The first kappa shape index (κ1) is 19.4. The Morgan fingerprint density at radius 3 is 1.88 bits per heavy atom. The number of hydrogen-bond donors (Lipinski definition) is 1. The monoisotopic (exact) mass is 390 g/mol. The molecule has 0 aromatic heterocycles. The van der Waals surface area contributed by atoms with Crippen molar-refractivity contribution in [3.05, 3.63) is 59.7 Å². The third-order valence-corrected chi connectivity index (χ3v) is 6.70. The van der Waals surface area contributed by atoms with E-state index in [0.29, 0.717) is 5.56 Å². The molecule has 0 heterocycles. The summed E-state index contributed by atoms with van der Waals surface area (Å²) < 4.78 is 76.1. The van der Waals surface area contributed by atoms with Gasteiger partial charge in [0.15, 0.2) is 4.90 Å². The molecule has 2 N–H and O–H groups in total. The van der Waals surface area contributed by atoms with E-state index >= 15 is 0 Å². The van der Waals surface area contributed by atoms with Gasteiger partial charge in [0.05, 0.1) is 4.90 Å². The van der Waals surface area contributed by atoms with Crippen LogP contribution in [0.3, 0.4) is 0 Å². The minimum atomic E-state index is -4.45. The number of nitrogens with zero attached hydrogens (tertiary/aromatic N) is 1. The van der Waals surface area contributed by atoms with E-state index in [4.69, 9.17) is 5.14 Å². The number of hydrogen-bond acceptors (Lipinski definition) is 4. The van der Waals surface area contributed by atoms with Gasteiger partial charge in [0.25, 0.3) is 0 Å². The molecule has 2 aromatic carbocycles. The van der Waals surface area contributed by atoms with Gasteiger partial charge in [0, 0.05) is 13.1 Å². The number of benzene rings is 2. The lowest BCUT2D eigenvalue weighted by Crippen LogP contribution is -2.31. The lowest BCUT2D eigenvalue weighted by Gasteiger charge is -2.25. The van der Waals surface area contributed by atoms with Crippen LogP contribution in [0, 0.1) is 11.6 Å². The highest BCUT2D eigenvalue weighted by atomic mass is 32.2. The van der Waals surface area contributed by atoms with Crippen molar-refractivity contribution in [2.75, 3.05) is 7.05 Å². The maximum absolute atomic E-state index is 13.8. The molecule has 0 bridgehead atoms. The molecular formula is C15H16F2N2O4S2. The van der Waals surface area contributed by atoms with Gasteiger partial charge in [-0.1, -0.05) is 18.2 Å². The molecule has 0 spiro atoms. The van der Waals surface area contributed by atoms with Crippen molar-refractivity contribution in [2.24, 2.45) is 5.14 Å². The number of rotatable bonds is 5. The lowest BCUT2D eigenvalue weighted by molar-refractivity contribution is 0.390. The average Bonchev–Trinajstić information content (AvgIpc) is 2.52. The van der Waals surface area contributed by atoms with Crippen molar-refractivity contribution in [2.45, 2.75) is 22.8 Å². The molecule has 1 atom stereocenters. The zero-order valence-electron chi connectivity index (χ0n) is 13.3. The van der Waals surface area contributed by atoms with Gasteiger partial charge in [-0.05, 0) is 36.8 Å². The fourth-order valence-electron chi connectivity index (χ4n) is 2.23. The van der Waals surface area contributed by atoms with Crippen LogP contribution in [0.15, 0.2) is 52.3 Å². The fraction of sp³-hybridized carbons (Fsp3) is 0.200. The SMILES string of the molecule is CC(c1ccc(S(N)(=O)=O)cc1)N(C)S(=O)(=O)c1c(F)cccc1F. The summed E-state index contributed by atoms with van der Waals surface area (Å²) in [5.74, 6) is -2.38. The van der Waals surface area contributed by atoms with E-state index in [9.17, 15) is 25.6 Å². The second kappa shape index (κ2) is 6.79. The first-order valence-electron chi connectivity index (χ1n) is 7.01. The summed E-state index contributed by atoms with van der Waals surface area (Å²) in [7, 11) is -7.15. The van der Waals surface area contributed by atoms with E-state index in [0.717, 1.165) is 22.5 Å². The highest BCUT2D eigenvalue weighted by Crippen LogP contribution is 2.29. The molecule has 0 fully saturated rings. The molecule has 0 aliphatic heterocycles. The Kier molecular flexibility index (Phi) is 5.28. The third kappa shape index (κ3) is 3.87. The van der Waals surface area contributed by atoms with Crippen molar-refractivity contribution in [3.8, 4) is 0 Å².